The van der Waals surface area contributed by atoms with Crippen molar-refractivity contribution in [2.24, 2.45) is 0 Å². The molecule has 140 valence electrons. The molecule has 1 atom stereocenters. The lowest BCUT2D eigenvalue weighted by molar-refractivity contribution is -0.115. The lowest BCUT2D eigenvalue weighted by Gasteiger charge is -2.13. The van der Waals surface area contributed by atoms with Crippen molar-refractivity contribution in [2.45, 2.75) is 17.4 Å². The summed E-state index contributed by atoms with van der Waals surface area (Å²) in [6, 6.07) is 14.6. The third-order valence-corrected chi connectivity index (χ3v) is 4.86. The van der Waals surface area contributed by atoms with E-state index >= 15 is 0 Å². The number of pyridine rings is 1. The zero-order chi connectivity index (χ0) is 19.3. The van der Waals surface area contributed by atoms with E-state index in [1.807, 2.05) is 30.3 Å². The molecule has 0 aliphatic heterocycles. The molecule has 4 rings (SSSR count). The Kier molecular flexibility index (Phi) is 5.16. The highest BCUT2D eigenvalue weighted by Gasteiger charge is 2.26. The molecular formula is C19H15N5O3S. The Bertz CT molecular complexity index is 1070. The van der Waals surface area contributed by atoms with Crippen LogP contribution < -0.4 is 5.32 Å². The average molecular weight is 393 g/mol. The second-order valence-electron chi connectivity index (χ2n) is 5.83. The molecule has 1 unspecified atom stereocenters. The molecule has 9 heteroatoms. The maximum absolute atomic E-state index is 12.9. The molecule has 8 nitrogen and oxygen atoms in total. The number of amides is 1. The monoisotopic (exact) mass is 393 g/mol. The number of carbonyl (C=O) groups is 1. The Morgan fingerprint density at radius 1 is 1.11 bits per heavy atom. The molecule has 28 heavy (non-hydrogen) atoms. The van der Waals surface area contributed by atoms with Crippen molar-refractivity contribution >= 4 is 23.5 Å². The lowest BCUT2D eigenvalue weighted by atomic mass is 10.1. The van der Waals surface area contributed by atoms with Crippen LogP contribution in [0.1, 0.15) is 16.6 Å². The van der Waals surface area contributed by atoms with Crippen LogP contribution in [0.2, 0.25) is 0 Å². The number of hydrogen-bond acceptors (Lipinski definition) is 8. The van der Waals surface area contributed by atoms with E-state index < -0.39 is 5.25 Å². The third-order valence-electron chi connectivity index (χ3n) is 3.77. The van der Waals surface area contributed by atoms with Crippen LogP contribution in [0.25, 0.3) is 11.5 Å². The molecule has 0 fully saturated rings. The highest BCUT2D eigenvalue weighted by molar-refractivity contribution is 8.00. The Morgan fingerprint density at radius 3 is 2.61 bits per heavy atom. The smallest absolute Gasteiger partial charge is 0.277 e. The molecule has 0 aliphatic rings. The van der Waals surface area contributed by atoms with Gasteiger partial charge in [0.15, 0.2) is 5.82 Å². The Labute approximate surface area is 164 Å². The van der Waals surface area contributed by atoms with Crippen LogP contribution in [0, 0.1) is 6.92 Å². The number of nitrogens with one attached hydrogen (secondary N) is 1. The van der Waals surface area contributed by atoms with E-state index in [1.54, 1.807) is 37.5 Å². The Balaban J connectivity index is 1.58. The first-order valence-corrected chi connectivity index (χ1v) is 9.27. The van der Waals surface area contributed by atoms with Gasteiger partial charge >= 0.3 is 0 Å². The van der Waals surface area contributed by atoms with Crippen molar-refractivity contribution in [1.82, 2.24) is 20.3 Å². The van der Waals surface area contributed by atoms with Gasteiger partial charge in [-0.05, 0) is 36.4 Å². The van der Waals surface area contributed by atoms with E-state index in [4.69, 9.17) is 8.94 Å². The van der Waals surface area contributed by atoms with E-state index in [1.165, 1.54) is 11.8 Å². The first-order valence-electron chi connectivity index (χ1n) is 8.39. The van der Waals surface area contributed by atoms with Crippen LogP contribution in [-0.4, -0.2) is 26.2 Å². The van der Waals surface area contributed by atoms with Gasteiger partial charge in [0.05, 0.1) is 0 Å². The van der Waals surface area contributed by atoms with Crippen molar-refractivity contribution in [1.29, 1.82) is 0 Å². The van der Waals surface area contributed by atoms with Crippen LogP contribution >= 0.6 is 11.8 Å². The van der Waals surface area contributed by atoms with Gasteiger partial charge < -0.3 is 14.3 Å². The summed E-state index contributed by atoms with van der Waals surface area (Å²) in [5.74, 6) is 1.06. The highest BCUT2D eigenvalue weighted by atomic mass is 32.2. The summed E-state index contributed by atoms with van der Waals surface area (Å²) in [7, 11) is 0. The zero-order valence-corrected chi connectivity index (χ0v) is 15.6. The van der Waals surface area contributed by atoms with Crippen molar-refractivity contribution < 1.29 is 13.7 Å². The standard InChI is InChI=1S/C19H15N5O3S/c1-12-11-15(24-27-12)21-17(25)16(13-5-3-2-4-6-13)28-19-23-22-18(26-19)14-7-9-20-10-8-14/h2-11,16H,1H3,(H,21,24,25). The van der Waals surface area contributed by atoms with Gasteiger partial charge in [0.1, 0.15) is 11.0 Å². The minimum atomic E-state index is -0.607. The number of aromatic nitrogens is 4. The molecule has 3 heterocycles. The van der Waals surface area contributed by atoms with Gasteiger partial charge in [0.2, 0.25) is 11.8 Å². The molecule has 0 spiro atoms. The minimum absolute atomic E-state index is 0.270. The third kappa shape index (κ3) is 4.09. The van der Waals surface area contributed by atoms with Crippen molar-refractivity contribution in [3.05, 3.63) is 72.2 Å². The number of nitrogens with zero attached hydrogens (tertiary/aromatic N) is 4. The molecule has 0 saturated heterocycles. The topological polar surface area (TPSA) is 107 Å². The number of aryl methyl sites for hydroxylation is 1. The molecule has 0 radical (unpaired) electrons. The number of benzene rings is 1. The lowest BCUT2D eigenvalue weighted by Crippen LogP contribution is -2.19. The average Bonchev–Trinajstić information content (AvgIpc) is 3.36. The summed E-state index contributed by atoms with van der Waals surface area (Å²) >= 11 is 1.17. The summed E-state index contributed by atoms with van der Waals surface area (Å²) in [5, 5.41) is 14.4. The Hall–Kier alpha value is -3.46. The van der Waals surface area contributed by atoms with Gasteiger partial charge in [-0.2, -0.15) is 0 Å². The molecule has 0 saturated carbocycles. The summed E-state index contributed by atoms with van der Waals surface area (Å²) in [6.45, 7) is 1.76. The van der Waals surface area contributed by atoms with Crippen LogP contribution in [0.4, 0.5) is 5.82 Å². The molecule has 0 bridgehead atoms. The zero-order valence-electron chi connectivity index (χ0n) is 14.8. The largest absolute Gasteiger partial charge is 0.411 e. The van der Waals surface area contributed by atoms with E-state index in [2.05, 4.69) is 25.7 Å². The van der Waals surface area contributed by atoms with E-state index in [0.29, 0.717) is 17.5 Å². The number of anilines is 1. The van der Waals surface area contributed by atoms with Crippen molar-refractivity contribution in [2.75, 3.05) is 5.32 Å². The molecular weight excluding hydrogens is 378 g/mol. The van der Waals surface area contributed by atoms with E-state index in [-0.39, 0.29) is 11.1 Å². The van der Waals surface area contributed by atoms with Crippen LogP contribution in [0.3, 0.4) is 0 Å². The quantitative estimate of drug-likeness (QED) is 0.492. The summed E-state index contributed by atoms with van der Waals surface area (Å²) in [5.41, 5.74) is 1.56. The van der Waals surface area contributed by atoms with E-state index in [9.17, 15) is 4.79 Å². The minimum Gasteiger partial charge on any atom is -0.411 e. The van der Waals surface area contributed by atoms with Gasteiger partial charge in [-0.3, -0.25) is 9.78 Å². The maximum Gasteiger partial charge on any atom is 0.277 e. The number of carbonyl (C=O) groups excluding carboxylic acids is 1. The maximum atomic E-state index is 12.9. The van der Waals surface area contributed by atoms with Gasteiger partial charge in [-0.25, -0.2) is 0 Å². The van der Waals surface area contributed by atoms with Crippen molar-refractivity contribution in [3.63, 3.8) is 0 Å². The van der Waals surface area contributed by atoms with E-state index in [0.717, 1.165) is 11.1 Å². The van der Waals surface area contributed by atoms with Crippen molar-refractivity contribution in [3.8, 4) is 11.5 Å². The predicted molar refractivity (Wildman–Crippen MR) is 102 cm³/mol. The fourth-order valence-electron chi connectivity index (χ4n) is 2.49. The molecule has 1 amide bonds. The molecule has 3 aromatic heterocycles. The second-order valence-corrected chi connectivity index (χ2v) is 6.89. The van der Waals surface area contributed by atoms with Gasteiger partial charge in [-0.1, -0.05) is 35.5 Å². The van der Waals surface area contributed by atoms with Gasteiger partial charge in [0.25, 0.3) is 5.22 Å². The fraction of sp³-hybridized carbons (Fsp3) is 0.105. The first kappa shape index (κ1) is 17.9. The molecule has 1 N–H and O–H groups in total. The number of rotatable bonds is 6. The van der Waals surface area contributed by atoms with Gasteiger partial charge in [-0.15, -0.1) is 10.2 Å². The highest BCUT2D eigenvalue weighted by Crippen LogP contribution is 2.36. The summed E-state index contributed by atoms with van der Waals surface area (Å²) in [6.07, 6.45) is 3.29. The van der Waals surface area contributed by atoms with Crippen LogP contribution in [-0.2, 0) is 4.79 Å². The fourth-order valence-corrected chi connectivity index (χ4v) is 3.36. The number of hydrogen-bond donors (Lipinski definition) is 1. The first-order chi connectivity index (χ1) is 13.7. The van der Waals surface area contributed by atoms with Crippen LogP contribution in [0.5, 0.6) is 0 Å². The SMILES string of the molecule is Cc1cc(NC(=O)C(Sc2nnc(-c3ccncc3)o2)c2ccccc2)no1. The second kappa shape index (κ2) is 8.05. The molecule has 0 aliphatic carbocycles. The van der Waals surface area contributed by atoms with Gasteiger partial charge in [0, 0.05) is 24.0 Å². The molecule has 1 aromatic carbocycles. The normalized spacial score (nSPS) is 11.9. The number of thioether (sulfide) groups is 1. The summed E-state index contributed by atoms with van der Waals surface area (Å²) in [4.78, 5) is 16.9. The Morgan fingerprint density at radius 2 is 1.89 bits per heavy atom. The summed E-state index contributed by atoms with van der Waals surface area (Å²) < 4.78 is 10.7. The predicted octanol–water partition coefficient (Wildman–Crippen LogP) is 3.90. The van der Waals surface area contributed by atoms with Crippen LogP contribution in [0.15, 0.2) is 75.1 Å². The molecule has 4 aromatic rings.